The molecule has 0 saturated heterocycles. The Morgan fingerprint density at radius 3 is 2.71 bits per heavy atom. The van der Waals surface area contributed by atoms with Crippen molar-refractivity contribution in [2.75, 3.05) is 0 Å². The summed E-state index contributed by atoms with van der Waals surface area (Å²) in [6.07, 6.45) is -2.40. The Labute approximate surface area is 80.4 Å². The van der Waals surface area contributed by atoms with Crippen LogP contribution >= 0.6 is 0 Å². The maximum atomic E-state index is 11.4. The summed E-state index contributed by atoms with van der Waals surface area (Å²) in [5.41, 5.74) is 0.430. The van der Waals surface area contributed by atoms with E-state index >= 15 is 0 Å². The average molecular weight is 194 g/mol. The number of hydrogen-bond donors (Lipinski definition) is 3. The van der Waals surface area contributed by atoms with Crippen LogP contribution in [0.15, 0.2) is 18.2 Å². The summed E-state index contributed by atoms with van der Waals surface area (Å²) in [5, 5.41) is 28.3. The summed E-state index contributed by atoms with van der Waals surface area (Å²) in [5.74, 6) is -0.407. The summed E-state index contributed by atoms with van der Waals surface area (Å²) in [6.45, 7) is 0. The Bertz CT molecular complexity index is 386. The maximum Gasteiger partial charge on any atom is 0.166 e. The zero-order valence-electron chi connectivity index (χ0n) is 7.34. The number of hydrogen-bond acceptors (Lipinski definition) is 4. The molecule has 1 aliphatic rings. The zero-order chi connectivity index (χ0) is 10.3. The number of benzene rings is 1. The van der Waals surface area contributed by atoms with Crippen LogP contribution in [0.1, 0.15) is 28.4 Å². The van der Waals surface area contributed by atoms with Crippen molar-refractivity contribution < 1.29 is 20.1 Å². The molecule has 0 aromatic heterocycles. The van der Waals surface area contributed by atoms with E-state index in [-0.39, 0.29) is 23.5 Å². The fourth-order valence-corrected chi connectivity index (χ4v) is 1.71. The molecule has 74 valence electrons. The number of carbonyl (C=O) groups is 1. The third kappa shape index (κ3) is 1.20. The molecule has 0 amide bonds. The highest BCUT2D eigenvalue weighted by Gasteiger charge is 2.33. The first kappa shape index (κ1) is 9.18. The first-order valence-electron chi connectivity index (χ1n) is 4.32. The van der Waals surface area contributed by atoms with Gasteiger partial charge in [0.05, 0.1) is 6.10 Å². The lowest BCUT2D eigenvalue weighted by atomic mass is 9.86. The van der Waals surface area contributed by atoms with Crippen LogP contribution in [0.25, 0.3) is 0 Å². The number of aliphatic hydroxyl groups excluding tert-OH is 2. The van der Waals surface area contributed by atoms with Crippen LogP contribution in [-0.2, 0) is 0 Å². The fourth-order valence-electron chi connectivity index (χ4n) is 1.71. The van der Waals surface area contributed by atoms with Gasteiger partial charge in [0.25, 0.3) is 0 Å². The lowest BCUT2D eigenvalue weighted by Gasteiger charge is -2.25. The first-order valence-corrected chi connectivity index (χ1v) is 4.32. The van der Waals surface area contributed by atoms with Gasteiger partial charge in [-0.15, -0.1) is 0 Å². The predicted molar refractivity (Wildman–Crippen MR) is 48.0 cm³/mol. The molecule has 0 heterocycles. The molecule has 0 aliphatic heterocycles. The number of aliphatic hydroxyl groups is 2. The van der Waals surface area contributed by atoms with Gasteiger partial charge < -0.3 is 15.3 Å². The van der Waals surface area contributed by atoms with Crippen molar-refractivity contribution in [2.24, 2.45) is 0 Å². The van der Waals surface area contributed by atoms with E-state index in [1.165, 1.54) is 18.2 Å². The van der Waals surface area contributed by atoms with E-state index in [1.807, 2.05) is 0 Å². The molecule has 2 unspecified atom stereocenters. The van der Waals surface area contributed by atoms with Gasteiger partial charge in [0.1, 0.15) is 11.9 Å². The second-order valence-corrected chi connectivity index (χ2v) is 3.38. The number of aromatic hydroxyl groups is 1. The lowest BCUT2D eigenvalue weighted by molar-refractivity contribution is 0.00742. The van der Waals surface area contributed by atoms with E-state index in [0.29, 0.717) is 5.56 Å². The first-order chi connectivity index (χ1) is 6.61. The van der Waals surface area contributed by atoms with Gasteiger partial charge >= 0.3 is 0 Å². The van der Waals surface area contributed by atoms with Crippen LogP contribution in [0.5, 0.6) is 5.75 Å². The van der Waals surface area contributed by atoms with E-state index in [2.05, 4.69) is 0 Å². The minimum atomic E-state index is -1.18. The number of Topliss-reactive ketones (excluding diaryl/α,β-unsaturated/α-hetero) is 1. The van der Waals surface area contributed by atoms with Crippen LogP contribution in [-0.4, -0.2) is 27.2 Å². The van der Waals surface area contributed by atoms with Crippen molar-refractivity contribution in [3.63, 3.8) is 0 Å². The third-order valence-electron chi connectivity index (χ3n) is 2.44. The van der Waals surface area contributed by atoms with E-state index in [0.717, 1.165) is 0 Å². The van der Waals surface area contributed by atoms with Crippen molar-refractivity contribution in [3.05, 3.63) is 29.3 Å². The summed E-state index contributed by atoms with van der Waals surface area (Å²) in [4.78, 5) is 11.4. The molecule has 14 heavy (non-hydrogen) atoms. The van der Waals surface area contributed by atoms with E-state index in [1.54, 1.807) is 0 Å². The van der Waals surface area contributed by atoms with Gasteiger partial charge in [-0.25, -0.2) is 0 Å². The molecule has 0 spiro atoms. The molecule has 1 aliphatic carbocycles. The number of rotatable bonds is 0. The molecule has 2 rings (SSSR count). The van der Waals surface area contributed by atoms with Gasteiger partial charge in [0.15, 0.2) is 5.78 Å². The maximum absolute atomic E-state index is 11.4. The molecule has 4 nitrogen and oxygen atoms in total. The Morgan fingerprint density at radius 2 is 2.00 bits per heavy atom. The van der Waals surface area contributed by atoms with Gasteiger partial charge in [-0.3, -0.25) is 4.79 Å². The second-order valence-electron chi connectivity index (χ2n) is 3.38. The zero-order valence-corrected chi connectivity index (χ0v) is 7.34. The molecular weight excluding hydrogens is 184 g/mol. The number of phenols is 1. The van der Waals surface area contributed by atoms with Crippen molar-refractivity contribution >= 4 is 5.78 Å². The molecule has 1 aromatic rings. The predicted octanol–water partition coefficient (Wildman–Crippen LogP) is 0.373. The van der Waals surface area contributed by atoms with E-state index in [4.69, 9.17) is 0 Å². The van der Waals surface area contributed by atoms with Crippen molar-refractivity contribution in [2.45, 2.75) is 18.6 Å². The Kier molecular flexibility index (Phi) is 2.02. The Balaban J connectivity index is 2.62. The van der Waals surface area contributed by atoms with Crippen molar-refractivity contribution in [1.82, 2.24) is 0 Å². The number of phenolic OH excluding ortho intramolecular Hbond substituents is 1. The van der Waals surface area contributed by atoms with Crippen LogP contribution < -0.4 is 0 Å². The molecule has 2 atom stereocenters. The van der Waals surface area contributed by atoms with Gasteiger partial charge in [0, 0.05) is 17.5 Å². The van der Waals surface area contributed by atoms with Crippen LogP contribution in [0.4, 0.5) is 0 Å². The average Bonchev–Trinajstić information content (AvgIpc) is 2.14. The lowest BCUT2D eigenvalue weighted by Crippen LogP contribution is -2.29. The normalized spacial score (nSPS) is 26.0. The highest BCUT2D eigenvalue weighted by atomic mass is 16.3. The smallest absolute Gasteiger partial charge is 0.166 e. The molecule has 0 bridgehead atoms. The fraction of sp³-hybridized carbons (Fsp3) is 0.300. The largest absolute Gasteiger partial charge is 0.508 e. The highest BCUT2D eigenvalue weighted by molar-refractivity contribution is 5.99. The summed E-state index contributed by atoms with van der Waals surface area (Å²) >= 11 is 0. The summed E-state index contributed by atoms with van der Waals surface area (Å²) in [6, 6.07) is 4.45. The van der Waals surface area contributed by atoms with E-state index in [9.17, 15) is 20.1 Å². The monoisotopic (exact) mass is 194 g/mol. The highest BCUT2D eigenvalue weighted by Crippen LogP contribution is 2.35. The van der Waals surface area contributed by atoms with Gasteiger partial charge in [-0.05, 0) is 6.07 Å². The summed E-state index contributed by atoms with van der Waals surface area (Å²) < 4.78 is 0. The molecule has 3 N–H and O–H groups in total. The Hall–Kier alpha value is -1.39. The van der Waals surface area contributed by atoms with Crippen molar-refractivity contribution in [3.8, 4) is 5.75 Å². The molecule has 4 heteroatoms. The molecule has 1 aromatic carbocycles. The summed E-state index contributed by atoms with van der Waals surface area (Å²) in [7, 11) is 0. The SMILES string of the molecule is O=C1CC(O)C(O)c2c(O)cccc21. The molecule has 0 radical (unpaired) electrons. The quantitative estimate of drug-likeness (QED) is 0.557. The van der Waals surface area contributed by atoms with Gasteiger partial charge in [0.2, 0.25) is 0 Å². The van der Waals surface area contributed by atoms with Gasteiger partial charge in [-0.1, -0.05) is 12.1 Å². The van der Waals surface area contributed by atoms with Gasteiger partial charge in [-0.2, -0.15) is 0 Å². The molecular formula is C10H10O4. The van der Waals surface area contributed by atoms with Crippen LogP contribution in [0.2, 0.25) is 0 Å². The minimum Gasteiger partial charge on any atom is -0.508 e. The third-order valence-corrected chi connectivity index (χ3v) is 2.44. The van der Waals surface area contributed by atoms with E-state index < -0.39 is 12.2 Å². The molecule has 0 fully saturated rings. The van der Waals surface area contributed by atoms with Crippen LogP contribution in [0, 0.1) is 0 Å². The Morgan fingerprint density at radius 1 is 1.29 bits per heavy atom. The number of fused-ring (bicyclic) bond motifs is 1. The number of ketones is 1. The standard InChI is InChI=1S/C10H10O4/c11-6-3-1-2-5-7(12)4-8(13)10(14)9(5)6/h1-3,8,10-11,13-14H,4H2. The molecule has 0 saturated carbocycles. The number of carbonyl (C=O) groups excluding carboxylic acids is 1. The van der Waals surface area contributed by atoms with Crippen molar-refractivity contribution in [1.29, 1.82) is 0 Å². The topological polar surface area (TPSA) is 77.8 Å². The second kappa shape index (κ2) is 3.08. The minimum absolute atomic E-state index is 0.0996. The van der Waals surface area contributed by atoms with Crippen LogP contribution in [0.3, 0.4) is 0 Å².